The normalized spacial score (nSPS) is 14.1. The minimum absolute atomic E-state index is 0.193. The highest BCUT2D eigenvalue weighted by atomic mass is 14.9. The molecule has 0 amide bonds. The van der Waals surface area contributed by atoms with Crippen LogP contribution in [0.25, 0.3) is 0 Å². The maximum absolute atomic E-state index is 7.43. The van der Waals surface area contributed by atoms with Gasteiger partial charge in [0.05, 0.1) is 11.9 Å². The highest BCUT2D eigenvalue weighted by Crippen LogP contribution is 1.96. The van der Waals surface area contributed by atoms with Gasteiger partial charge >= 0.3 is 0 Å². The molecule has 0 aliphatic heterocycles. The van der Waals surface area contributed by atoms with Crippen LogP contribution in [0, 0.1) is 5.41 Å². The number of nitrogens with two attached hydrogens (primary N) is 1. The molecule has 1 unspecified atom stereocenters. The molecule has 4 heteroatoms. The second-order valence-corrected chi connectivity index (χ2v) is 3.76. The standard InChI is InChI=1S/C12H24N4/c1-4-6-7-12(14)16-10(3)8-9-15-11(13)5-2/h6-7,10H,4-5,8-9H2,1-3H3,(H2,13,15)(H2,14,16)/b7-6-. The molecule has 0 bridgehead atoms. The van der Waals surface area contributed by atoms with Crippen molar-refractivity contribution in [1.29, 1.82) is 5.41 Å². The van der Waals surface area contributed by atoms with Crippen LogP contribution < -0.4 is 11.1 Å². The Morgan fingerprint density at radius 2 is 2.19 bits per heavy atom. The lowest BCUT2D eigenvalue weighted by Crippen LogP contribution is -2.25. The molecule has 16 heavy (non-hydrogen) atoms. The van der Waals surface area contributed by atoms with Gasteiger partial charge in [0.2, 0.25) is 0 Å². The number of rotatable bonds is 7. The number of hydrogen-bond acceptors (Lipinski definition) is 2. The third-order valence-electron chi connectivity index (χ3n) is 2.15. The molecule has 0 aromatic rings. The van der Waals surface area contributed by atoms with Crippen molar-refractivity contribution in [2.24, 2.45) is 10.7 Å². The van der Waals surface area contributed by atoms with Crippen molar-refractivity contribution < 1.29 is 0 Å². The molecule has 0 saturated heterocycles. The number of allylic oxidation sites excluding steroid dienone is 1. The van der Waals surface area contributed by atoms with E-state index >= 15 is 0 Å². The second kappa shape index (κ2) is 8.95. The fourth-order valence-electron chi connectivity index (χ4n) is 1.16. The number of nitrogens with zero attached hydrogens (tertiary/aromatic N) is 1. The molecule has 0 spiro atoms. The van der Waals surface area contributed by atoms with Gasteiger partial charge in [-0.05, 0) is 25.8 Å². The van der Waals surface area contributed by atoms with E-state index in [1.807, 2.05) is 26.0 Å². The number of aliphatic imine (C=N–C) groups is 1. The molecule has 0 aliphatic rings. The molecule has 0 radical (unpaired) electrons. The first-order valence-electron chi connectivity index (χ1n) is 5.91. The zero-order valence-electron chi connectivity index (χ0n) is 10.6. The Bertz CT molecular complexity index is 256. The smallest absolute Gasteiger partial charge is 0.118 e. The van der Waals surface area contributed by atoms with Crippen molar-refractivity contribution in [1.82, 2.24) is 5.32 Å². The molecular formula is C12H24N4. The van der Waals surface area contributed by atoms with Crippen LogP contribution in [0.15, 0.2) is 17.1 Å². The van der Waals surface area contributed by atoms with Crippen LogP contribution in [0.5, 0.6) is 0 Å². The highest BCUT2D eigenvalue weighted by Gasteiger charge is 1.99. The summed E-state index contributed by atoms with van der Waals surface area (Å²) in [5.41, 5.74) is 5.72. The third-order valence-corrected chi connectivity index (χ3v) is 2.15. The summed E-state index contributed by atoms with van der Waals surface area (Å²) in [6.07, 6.45) is 6.45. The van der Waals surface area contributed by atoms with E-state index in [9.17, 15) is 0 Å². The fraction of sp³-hybridized carbons (Fsp3) is 0.667. The first kappa shape index (κ1) is 14.7. The summed E-state index contributed by atoms with van der Waals surface area (Å²) in [5.74, 6) is 1.16. The quantitative estimate of drug-likeness (QED) is 0.457. The maximum Gasteiger partial charge on any atom is 0.118 e. The van der Waals surface area contributed by atoms with E-state index in [1.54, 1.807) is 0 Å². The molecule has 0 aromatic carbocycles. The molecule has 0 saturated carbocycles. The largest absolute Gasteiger partial charge is 0.384 e. The van der Waals surface area contributed by atoms with Gasteiger partial charge in [-0.2, -0.15) is 0 Å². The van der Waals surface area contributed by atoms with E-state index in [-0.39, 0.29) is 6.04 Å². The van der Waals surface area contributed by atoms with Gasteiger partial charge in [-0.3, -0.25) is 10.4 Å². The predicted molar refractivity (Wildman–Crippen MR) is 71.2 cm³/mol. The van der Waals surface area contributed by atoms with Crippen LogP contribution in [0.4, 0.5) is 0 Å². The summed E-state index contributed by atoms with van der Waals surface area (Å²) < 4.78 is 0. The van der Waals surface area contributed by atoms with Crippen LogP contribution in [-0.4, -0.2) is 24.3 Å². The Kier molecular flexibility index (Phi) is 8.21. The number of hydrogen-bond donors (Lipinski definition) is 3. The van der Waals surface area contributed by atoms with E-state index in [4.69, 9.17) is 11.1 Å². The van der Waals surface area contributed by atoms with Crippen LogP contribution in [-0.2, 0) is 0 Å². The van der Waals surface area contributed by atoms with Crippen molar-refractivity contribution in [2.75, 3.05) is 6.54 Å². The van der Waals surface area contributed by atoms with Gasteiger partial charge in [-0.15, -0.1) is 0 Å². The van der Waals surface area contributed by atoms with E-state index in [2.05, 4.69) is 17.2 Å². The lowest BCUT2D eigenvalue weighted by molar-refractivity contribution is 0.649. The van der Waals surface area contributed by atoms with Crippen molar-refractivity contribution >= 4 is 11.7 Å². The molecule has 0 rings (SSSR count). The second-order valence-electron chi connectivity index (χ2n) is 3.76. The molecule has 1 atom stereocenters. The van der Waals surface area contributed by atoms with Crippen LogP contribution in [0.3, 0.4) is 0 Å². The summed E-state index contributed by atoms with van der Waals surface area (Å²) in [7, 11) is 0. The third kappa shape index (κ3) is 8.03. The Morgan fingerprint density at radius 1 is 1.50 bits per heavy atom. The van der Waals surface area contributed by atoms with Crippen molar-refractivity contribution in [3.63, 3.8) is 0 Å². The van der Waals surface area contributed by atoms with Gasteiger partial charge in [-0.25, -0.2) is 0 Å². The van der Waals surface area contributed by atoms with Gasteiger partial charge in [0.25, 0.3) is 0 Å². The monoisotopic (exact) mass is 224 g/mol. The summed E-state index contributed by atoms with van der Waals surface area (Å²) in [6, 6.07) is 0.193. The molecule has 0 aliphatic carbocycles. The summed E-state index contributed by atoms with van der Waals surface area (Å²) in [4.78, 5) is 4.33. The molecule has 0 aromatic heterocycles. The van der Waals surface area contributed by atoms with Gasteiger partial charge in [0.1, 0.15) is 5.84 Å². The molecule has 0 fully saturated rings. The highest BCUT2D eigenvalue weighted by molar-refractivity contribution is 5.91. The van der Waals surface area contributed by atoms with Crippen LogP contribution in [0.2, 0.25) is 0 Å². The Morgan fingerprint density at radius 3 is 2.75 bits per heavy atom. The Balaban J connectivity index is 3.84. The maximum atomic E-state index is 7.43. The van der Waals surface area contributed by atoms with E-state index < -0.39 is 0 Å². The zero-order valence-corrected chi connectivity index (χ0v) is 10.6. The average molecular weight is 224 g/mol. The van der Waals surface area contributed by atoms with Gasteiger partial charge < -0.3 is 11.1 Å². The van der Waals surface area contributed by atoms with Gasteiger partial charge in [0, 0.05) is 13.0 Å². The molecule has 92 valence electrons. The Hall–Kier alpha value is -1.32. The first-order chi connectivity index (χ1) is 7.60. The Labute approximate surface area is 98.5 Å². The van der Waals surface area contributed by atoms with Gasteiger partial charge in [-0.1, -0.05) is 19.9 Å². The van der Waals surface area contributed by atoms with Crippen LogP contribution >= 0.6 is 0 Å². The predicted octanol–water partition coefficient (Wildman–Crippen LogP) is 2.07. The fourth-order valence-corrected chi connectivity index (χ4v) is 1.16. The molecule has 0 heterocycles. The van der Waals surface area contributed by atoms with E-state index in [1.165, 1.54) is 0 Å². The first-order valence-corrected chi connectivity index (χ1v) is 5.91. The van der Waals surface area contributed by atoms with Crippen LogP contribution in [0.1, 0.15) is 40.0 Å². The lowest BCUT2D eigenvalue weighted by Gasteiger charge is -2.09. The number of amidine groups is 2. The molecular weight excluding hydrogens is 200 g/mol. The van der Waals surface area contributed by atoms with Crippen molar-refractivity contribution in [2.45, 2.75) is 46.1 Å². The summed E-state index contributed by atoms with van der Waals surface area (Å²) >= 11 is 0. The van der Waals surface area contributed by atoms with E-state index in [0.717, 1.165) is 25.8 Å². The minimum atomic E-state index is 0.193. The van der Waals surface area contributed by atoms with Crippen molar-refractivity contribution in [3.05, 3.63) is 12.2 Å². The molecule has 4 N–H and O–H groups in total. The summed E-state index contributed by atoms with van der Waals surface area (Å²) in [6.45, 7) is 6.84. The lowest BCUT2D eigenvalue weighted by atomic mass is 10.2. The summed E-state index contributed by atoms with van der Waals surface area (Å²) in [5, 5.41) is 10.5. The SMILES string of the molecule is CC/C=C\C(N)=NC(C)CCNC(=N)CC. The average Bonchev–Trinajstić information content (AvgIpc) is 2.25. The topological polar surface area (TPSA) is 74.3 Å². The zero-order chi connectivity index (χ0) is 12.4. The minimum Gasteiger partial charge on any atom is -0.384 e. The van der Waals surface area contributed by atoms with Crippen molar-refractivity contribution in [3.8, 4) is 0 Å². The number of nitrogens with one attached hydrogen (secondary N) is 2. The van der Waals surface area contributed by atoms with E-state index in [0.29, 0.717) is 11.7 Å². The molecule has 4 nitrogen and oxygen atoms in total. The van der Waals surface area contributed by atoms with Gasteiger partial charge in [0.15, 0.2) is 0 Å².